The number of unbranched alkanes of at least 4 members (excludes halogenated alkanes) is 1. The minimum absolute atomic E-state index is 0.0582. The van der Waals surface area contributed by atoms with E-state index in [4.69, 9.17) is 10.5 Å². The SMILES string of the molecule is CCCCN(C(=O)COC(=O)[C@@H]1C[C@@H]1C)c1c(N)n(CCC)c(=O)[nH]c1=O. The quantitative estimate of drug-likeness (QED) is 0.612. The molecule has 150 valence electrons. The Bertz CT molecular complexity index is 813. The highest BCUT2D eigenvalue weighted by Crippen LogP contribution is 2.38. The number of nitrogens with two attached hydrogens (primary N) is 1. The number of rotatable bonds is 9. The lowest BCUT2D eigenvalue weighted by Gasteiger charge is -2.24. The second-order valence-corrected chi connectivity index (χ2v) is 6.97. The van der Waals surface area contributed by atoms with Gasteiger partial charge in [-0.3, -0.25) is 23.9 Å². The van der Waals surface area contributed by atoms with E-state index < -0.39 is 29.7 Å². The number of nitrogens with one attached hydrogen (secondary N) is 1. The molecule has 1 saturated carbocycles. The number of hydrogen-bond acceptors (Lipinski definition) is 6. The number of nitrogens with zero attached hydrogens (tertiary/aromatic N) is 2. The molecule has 1 aliphatic carbocycles. The summed E-state index contributed by atoms with van der Waals surface area (Å²) in [5.41, 5.74) is 4.65. The second-order valence-electron chi connectivity index (χ2n) is 6.97. The number of carbonyl (C=O) groups excluding carboxylic acids is 2. The number of nitrogen functional groups attached to an aromatic ring is 1. The standard InChI is InChI=1S/C18H28N4O5/c1-4-6-8-21(13(23)10-27-17(25)12-9-11(12)3)14-15(19)22(7-5-2)18(26)20-16(14)24/h11-12H,4-10,19H2,1-3H3,(H,20,24,26)/t11-,12+/m0/s1. The Kier molecular flexibility index (Phi) is 6.81. The van der Waals surface area contributed by atoms with E-state index in [-0.39, 0.29) is 29.9 Å². The van der Waals surface area contributed by atoms with E-state index in [1.807, 2.05) is 20.8 Å². The Hall–Kier alpha value is -2.58. The number of amides is 1. The van der Waals surface area contributed by atoms with Gasteiger partial charge in [-0.1, -0.05) is 27.2 Å². The lowest BCUT2D eigenvalue weighted by molar-refractivity contribution is -0.149. The van der Waals surface area contributed by atoms with Crippen LogP contribution in [0, 0.1) is 11.8 Å². The lowest BCUT2D eigenvalue weighted by atomic mass is 10.2. The third-order valence-corrected chi connectivity index (χ3v) is 4.72. The number of esters is 1. The van der Waals surface area contributed by atoms with Crippen molar-refractivity contribution >= 4 is 23.4 Å². The predicted molar refractivity (Wildman–Crippen MR) is 102 cm³/mol. The summed E-state index contributed by atoms with van der Waals surface area (Å²) in [6, 6.07) is 0. The molecule has 1 heterocycles. The first-order valence-electron chi connectivity index (χ1n) is 9.41. The number of hydrogen-bond donors (Lipinski definition) is 2. The molecule has 9 heteroatoms. The molecule has 2 rings (SSSR count). The fourth-order valence-corrected chi connectivity index (χ4v) is 2.93. The van der Waals surface area contributed by atoms with Crippen molar-refractivity contribution in [1.82, 2.24) is 9.55 Å². The van der Waals surface area contributed by atoms with Crippen molar-refractivity contribution < 1.29 is 14.3 Å². The van der Waals surface area contributed by atoms with Crippen molar-refractivity contribution in [2.24, 2.45) is 11.8 Å². The van der Waals surface area contributed by atoms with Crippen LogP contribution in [0.2, 0.25) is 0 Å². The van der Waals surface area contributed by atoms with E-state index in [1.165, 1.54) is 9.47 Å². The van der Waals surface area contributed by atoms with Crippen molar-refractivity contribution in [2.75, 3.05) is 23.8 Å². The first-order chi connectivity index (χ1) is 12.8. The normalized spacial score (nSPS) is 18.2. The van der Waals surface area contributed by atoms with Crippen LogP contribution in [0.15, 0.2) is 9.59 Å². The van der Waals surface area contributed by atoms with E-state index in [0.717, 1.165) is 12.8 Å². The highest BCUT2D eigenvalue weighted by Gasteiger charge is 2.41. The van der Waals surface area contributed by atoms with Crippen LogP contribution in [-0.4, -0.2) is 34.6 Å². The van der Waals surface area contributed by atoms with E-state index in [1.54, 1.807) is 0 Å². The van der Waals surface area contributed by atoms with Crippen LogP contribution in [0.4, 0.5) is 11.5 Å². The Balaban J connectivity index is 2.28. The van der Waals surface area contributed by atoms with Crippen LogP contribution in [0.1, 0.15) is 46.5 Å². The minimum Gasteiger partial charge on any atom is -0.455 e. The lowest BCUT2D eigenvalue weighted by Crippen LogP contribution is -2.43. The van der Waals surface area contributed by atoms with Crippen molar-refractivity contribution in [3.8, 4) is 0 Å². The zero-order chi connectivity index (χ0) is 20.1. The average Bonchev–Trinajstić information content (AvgIpc) is 3.35. The largest absolute Gasteiger partial charge is 0.455 e. The van der Waals surface area contributed by atoms with E-state index in [2.05, 4.69) is 4.98 Å². The number of aromatic amines is 1. The van der Waals surface area contributed by atoms with Crippen LogP contribution in [0.25, 0.3) is 0 Å². The van der Waals surface area contributed by atoms with Gasteiger partial charge in [-0.15, -0.1) is 0 Å². The van der Waals surface area contributed by atoms with Crippen molar-refractivity contribution in [1.29, 1.82) is 0 Å². The molecule has 1 aromatic heterocycles. The summed E-state index contributed by atoms with van der Waals surface area (Å²) in [4.78, 5) is 52.4. The molecule has 27 heavy (non-hydrogen) atoms. The summed E-state index contributed by atoms with van der Waals surface area (Å²) in [5, 5.41) is 0. The molecule has 1 aliphatic rings. The van der Waals surface area contributed by atoms with Gasteiger partial charge >= 0.3 is 11.7 Å². The van der Waals surface area contributed by atoms with Crippen molar-refractivity contribution in [3.05, 3.63) is 20.8 Å². The smallest absolute Gasteiger partial charge is 0.330 e. The zero-order valence-corrected chi connectivity index (χ0v) is 16.1. The monoisotopic (exact) mass is 380 g/mol. The van der Waals surface area contributed by atoms with Gasteiger partial charge in [0.2, 0.25) is 0 Å². The number of anilines is 2. The molecule has 0 unspecified atom stereocenters. The first-order valence-corrected chi connectivity index (χ1v) is 9.41. The minimum atomic E-state index is -0.726. The molecule has 0 aliphatic heterocycles. The third kappa shape index (κ3) is 4.78. The fourth-order valence-electron chi connectivity index (χ4n) is 2.93. The summed E-state index contributed by atoms with van der Waals surface area (Å²) >= 11 is 0. The summed E-state index contributed by atoms with van der Waals surface area (Å²) in [7, 11) is 0. The van der Waals surface area contributed by atoms with Gasteiger partial charge in [0.25, 0.3) is 11.5 Å². The second kappa shape index (κ2) is 8.88. The van der Waals surface area contributed by atoms with Crippen molar-refractivity contribution in [3.63, 3.8) is 0 Å². The molecule has 3 N–H and O–H groups in total. The molecule has 1 aromatic rings. The Morgan fingerprint density at radius 2 is 1.96 bits per heavy atom. The Morgan fingerprint density at radius 1 is 1.30 bits per heavy atom. The summed E-state index contributed by atoms with van der Waals surface area (Å²) < 4.78 is 6.35. The van der Waals surface area contributed by atoms with Gasteiger partial charge < -0.3 is 15.4 Å². The van der Waals surface area contributed by atoms with Gasteiger partial charge in [0, 0.05) is 13.1 Å². The van der Waals surface area contributed by atoms with Crippen LogP contribution in [-0.2, 0) is 20.9 Å². The summed E-state index contributed by atoms with van der Waals surface area (Å²) in [6.45, 7) is 5.86. The molecule has 0 bridgehead atoms. The summed E-state index contributed by atoms with van der Waals surface area (Å²) in [6.07, 6.45) is 2.82. The highest BCUT2D eigenvalue weighted by atomic mass is 16.5. The molecule has 2 atom stereocenters. The molecular formula is C18H28N4O5. The first kappa shape index (κ1) is 20.7. The highest BCUT2D eigenvalue weighted by molar-refractivity contribution is 5.97. The number of carbonyl (C=O) groups is 2. The molecular weight excluding hydrogens is 352 g/mol. The fraction of sp³-hybridized carbons (Fsp3) is 0.667. The van der Waals surface area contributed by atoms with Crippen LogP contribution < -0.4 is 21.9 Å². The number of aromatic nitrogens is 2. The van der Waals surface area contributed by atoms with Gasteiger partial charge in [-0.05, 0) is 25.2 Å². The van der Waals surface area contributed by atoms with Gasteiger partial charge in [0.1, 0.15) is 5.82 Å². The maximum atomic E-state index is 12.7. The molecule has 0 spiro atoms. The predicted octanol–water partition coefficient (Wildman–Crippen LogP) is 0.861. The molecule has 0 radical (unpaired) electrons. The van der Waals surface area contributed by atoms with E-state index >= 15 is 0 Å². The molecule has 0 saturated heterocycles. The van der Waals surface area contributed by atoms with Gasteiger partial charge in [-0.2, -0.15) is 0 Å². The van der Waals surface area contributed by atoms with Gasteiger partial charge in [0.15, 0.2) is 12.3 Å². The van der Waals surface area contributed by atoms with Gasteiger partial charge in [0.05, 0.1) is 5.92 Å². The van der Waals surface area contributed by atoms with Crippen molar-refractivity contribution in [2.45, 2.75) is 53.0 Å². The molecule has 9 nitrogen and oxygen atoms in total. The van der Waals surface area contributed by atoms with Crippen LogP contribution in [0.3, 0.4) is 0 Å². The van der Waals surface area contributed by atoms with E-state index in [9.17, 15) is 19.2 Å². The topological polar surface area (TPSA) is 127 Å². The third-order valence-electron chi connectivity index (χ3n) is 4.72. The number of H-pyrrole nitrogens is 1. The van der Waals surface area contributed by atoms with Crippen LogP contribution in [0.5, 0.6) is 0 Å². The number of ether oxygens (including phenoxy) is 1. The Labute approximate surface area is 157 Å². The van der Waals surface area contributed by atoms with Gasteiger partial charge in [-0.25, -0.2) is 4.79 Å². The molecule has 1 fully saturated rings. The maximum absolute atomic E-state index is 12.7. The van der Waals surface area contributed by atoms with E-state index in [0.29, 0.717) is 19.4 Å². The Morgan fingerprint density at radius 3 is 2.52 bits per heavy atom. The summed E-state index contributed by atoms with van der Waals surface area (Å²) in [5.74, 6) is -0.868. The molecule has 1 amide bonds. The zero-order valence-electron chi connectivity index (χ0n) is 16.1. The maximum Gasteiger partial charge on any atom is 0.330 e. The average molecular weight is 380 g/mol. The van der Waals surface area contributed by atoms with Crippen LogP contribution >= 0.6 is 0 Å². The molecule has 0 aromatic carbocycles.